The summed E-state index contributed by atoms with van der Waals surface area (Å²) < 4.78 is 31.8. The van der Waals surface area contributed by atoms with Crippen LogP contribution < -0.4 is 0 Å². The van der Waals surface area contributed by atoms with Crippen molar-refractivity contribution in [1.29, 1.82) is 0 Å². The van der Waals surface area contributed by atoms with Crippen LogP contribution in [0.3, 0.4) is 0 Å². The van der Waals surface area contributed by atoms with E-state index in [4.69, 9.17) is 23.7 Å². The maximum absolute atomic E-state index is 14.7. The van der Waals surface area contributed by atoms with Crippen LogP contribution in [0.1, 0.15) is 74.7 Å². The van der Waals surface area contributed by atoms with Crippen molar-refractivity contribution in [2.45, 2.75) is 108 Å². The lowest BCUT2D eigenvalue weighted by Gasteiger charge is -2.62. The lowest BCUT2D eigenvalue weighted by atomic mass is 9.50. The van der Waals surface area contributed by atoms with E-state index in [0.717, 1.165) is 11.1 Å². The van der Waals surface area contributed by atoms with E-state index in [-0.39, 0.29) is 42.0 Å². The molecule has 3 heterocycles. The van der Waals surface area contributed by atoms with Crippen molar-refractivity contribution in [3.05, 3.63) is 58.4 Å². The second kappa shape index (κ2) is 8.96. The van der Waals surface area contributed by atoms with Gasteiger partial charge in [0.25, 0.3) is 11.6 Å². The van der Waals surface area contributed by atoms with Crippen LogP contribution in [0.4, 0.5) is 0 Å². The number of ether oxygens (including phenoxy) is 5. The summed E-state index contributed by atoms with van der Waals surface area (Å²) >= 11 is 0. The molecule has 0 aromatic carbocycles. The zero-order chi connectivity index (χ0) is 31.5. The Bertz CT molecular complexity index is 1530. The first-order valence-electron chi connectivity index (χ1n) is 14.9. The number of esters is 1. The largest absolute Gasteiger partial charge is 0.479 e. The summed E-state index contributed by atoms with van der Waals surface area (Å²) in [6.07, 6.45) is 8.79. The monoisotopic (exact) mass is 592 g/mol. The van der Waals surface area contributed by atoms with Gasteiger partial charge in [-0.1, -0.05) is 23.3 Å². The Hall–Kier alpha value is -3.14. The molecule has 3 fully saturated rings. The first kappa shape index (κ1) is 29.9. The van der Waals surface area contributed by atoms with E-state index < -0.39 is 63.2 Å². The molecule has 4 bridgehead atoms. The van der Waals surface area contributed by atoms with Crippen LogP contribution in [0.5, 0.6) is 0 Å². The highest BCUT2D eigenvalue weighted by Crippen LogP contribution is 2.70. The fourth-order valence-corrected chi connectivity index (χ4v) is 7.92. The number of methoxy groups -OCH3 is 1. The van der Waals surface area contributed by atoms with Crippen LogP contribution in [0.15, 0.2) is 58.4 Å². The molecule has 7 aliphatic rings. The number of hydrogen-bond donors (Lipinski definition) is 0. The molecule has 230 valence electrons. The van der Waals surface area contributed by atoms with Gasteiger partial charge in [-0.25, -0.2) is 4.79 Å². The average molecular weight is 593 g/mol. The summed E-state index contributed by atoms with van der Waals surface area (Å²) in [6.45, 7) is 14.8. The summed E-state index contributed by atoms with van der Waals surface area (Å²) in [5, 5.41) is 0. The molecule has 2 spiro atoms. The molecule has 0 radical (unpaired) electrons. The Labute approximate surface area is 252 Å². The maximum Gasteiger partial charge on any atom is 0.339 e. The van der Waals surface area contributed by atoms with Crippen molar-refractivity contribution >= 4 is 23.3 Å². The van der Waals surface area contributed by atoms with Crippen molar-refractivity contribution in [3.63, 3.8) is 0 Å². The number of allylic oxidation sites excluding steroid dienone is 5. The average Bonchev–Trinajstić information content (AvgIpc) is 3.07. The molecule has 9 heteroatoms. The molecule has 1 saturated carbocycles. The van der Waals surface area contributed by atoms with Gasteiger partial charge in [0, 0.05) is 19.4 Å². The van der Waals surface area contributed by atoms with Crippen molar-refractivity contribution < 1.29 is 42.9 Å². The fourth-order valence-electron chi connectivity index (χ4n) is 7.92. The first-order chi connectivity index (χ1) is 19.9. The number of carbonyl (C=O) groups excluding carboxylic acids is 4. The molecular formula is C34H40O9. The van der Waals surface area contributed by atoms with E-state index in [0.29, 0.717) is 0 Å². The molecule has 2 saturated heterocycles. The second-order valence-electron chi connectivity index (χ2n) is 14.2. The second-order valence-corrected chi connectivity index (χ2v) is 14.2. The minimum atomic E-state index is -2.39. The summed E-state index contributed by atoms with van der Waals surface area (Å²) in [7, 11) is 1.44. The predicted octanol–water partition coefficient (Wildman–Crippen LogP) is 4.56. The van der Waals surface area contributed by atoms with Crippen LogP contribution >= 0.6 is 0 Å². The molecule has 7 rings (SSSR count). The number of rotatable bonds is 5. The Kier molecular flexibility index (Phi) is 6.23. The van der Waals surface area contributed by atoms with Gasteiger partial charge < -0.3 is 23.7 Å². The van der Waals surface area contributed by atoms with Crippen molar-refractivity contribution in [1.82, 2.24) is 0 Å². The lowest BCUT2D eigenvalue weighted by Crippen LogP contribution is -2.80. The lowest BCUT2D eigenvalue weighted by molar-refractivity contribution is -0.320. The third kappa shape index (κ3) is 3.68. The van der Waals surface area contributed by atoms with Gasteiger partial charge in [0.15, 0.2) is 17.1 Å². The molecule has 0 aromatic heterocycles. The Balaban J connectivity index is 1.64. The van der Waals surface area contributed by atoms with Crippen molar-refractivity contribution in [2.75, 3.05) is 7.11 Å². The van der Waals surface area contributed by atoms with E-state index in [9.17, 15) is 19.2 Å². The van der Waals surface area contributed by atoms with Crippen molar-refractivity contribution in [2.24, 2.45) is 11.8 Å². The Morgan fingerprint density at radius 3 is 2.28 bits per heavy atom. The summed E-state index contributed by atoms with van der Waals surface area (Å²) in [6, 6.07) is 0. The SMILES string of the molecule is CO[C@@]12C=C3C(=O)O[C@]4(O[C@@]35[C@@H](C1)C(C)(C)O[C@@]5(CC=C(C)C)C2=O)C(=O)C1=C(C=CC(C)(C)O1)C(=O)C4CC=C(C)C. The van der Waals surface area contributed by atoms with Crippen LogP contribution in [0, 0.1) is 11.8 Å². The van der Waals surface area contributed by atoms with Crippen molar-refractivity contribution in [3.8, 4) is 0 Å². The number of hydrogen-bond acceptors (Lipinski definition) is 9. The van der Waals surface area contributed by atoms with Gasteiger partial charge >= 0.3 is 5.97 Å². The van der Waals surface area contributed by atoms with Gasteiger partial charge in [0.2, 0.25) is 5.78 Å². The molecule has 0 aromatic rings. The molecule has 9 nitrogen and oxygen atoms in total. The topological polar surface area (TPSA) is 114 Å². The van der Waals surface area contributed by atoms with E-state index in [1.807, 2.05) is 53.7 Å². The van der Waals surface area contributed by atoms with Gasteiger partial charge in [-0.05, 0) is 86.5 Å². The zero-order valence-electron chi connectivity index (χ0n) is 26.3. The van der Waals surface area contributed by atoms with E-state index in [1.165, 1.54) is 13.2 Å². The quantitative estimate of drug-likeness (QED) is 0.335. The van der Waals surface area contributed by atoms with Gasteiger partial charge in [-0.3, -0.25) is 14.4 Å². The van der Waals surface area contributed by atoms with Crippen LogP contribution in [-0.4, -0.2) is 64.2 Å². The minimum Gasteiger partial charge on any atom is -0.479 e. The van der Waals surface area contributed by atoms with Gasteiger partial charge in [-0.15, -0.1) is 0 Å². The van der Waals surface area contributed by atoms with Crippen LogP contribution in [0.25, 0.3) is 0 Å². The molecule has 6 atom stereocenters. The zero-order valence-corrected chi connectivity index (χ0v) is 26.3. The standard InChI is InChI=1S/C34H40O9/c1-18(2)10-11-21-24(35)20-13-14-29(5,6)40-25(20)26(36)34(21)41-27(37)22-16-31(39-9)17-23-30(7,8)42-32(28(31)38,15-12-19(3)4)33(22,23)43-34/h10,12-14,16,21,23H,11,15,17H2,1-9H3/t21?,23-,31-,32-,33+,34+/m0/s1. The predicted molar refractivity (Wildman–Crippen MR) is 154 cm³/mol. The summed E-state index contributed by atoms with van der Waals surface area (Å²) in [5.41, 5.74) is -4.74. The van der Waals surface area contributed by atoms with E-state index in [1.54, 1.807) is 26.0 Å². The number of Topliss-reactive ketones (excluding diaryl/α,β-unsaturated/α-hetero) is 3. The third-order valence-corrected chi connectivity index (χ3v) is 9.93. The summed E-state index contributed by atoms with van der Waals surface area (Å²) in [4.78, 5) is 57.9. The molecule has 4 aliphatic carbocycles. The normalized spacial score (nSPS) is 39.6. The van der Waals surface area contributed by atoms with Crippen LogP contribution in [-0.2, 0) is 42.9 Å². The molecule has 43 heavy (non-hydrogen) atoms. The van der Waals surface area contributed by atoms with E-state index >= 15 is 0 Å². The Morgan fingerprint density at radius 1 is 0.977 bits per heavy atom. The molecule has 0 N–H and O–H groups in total. The molecular weight excluding hydrogens is 552 g/mol. The fraction of sp³-hybridized carbons (Fsp3) is 0.588. The highest BCUT2D eigenvalue weighted by molar-refractivity contribution is 6.19. The van der Waals surface area contributed by atoms with Gasteiger partial charge in [0.1, 0.15) is 16.8 Å². The first-order valence-corrected chi connectivity index (χ1v) is 14.9. The molecule has 0 amide bonds. The van der Waals surface area contributed by atoms with E-state index in [2.05, 4.69) is 0 Å². The Morgan fingerprint density at radius 2 is 1.65 bits per heavy atom. The molecule has 3 aliphatic heterocycles. The maximum atomic E-state index is 14.7. The number of carbonyl (C=O) groups is 4. The van der Waals surface area contributed by atoms with Gasteiger partial charge in [-0.2, -0.15) is 0 Å². The van der Waals surface area contributed by atoms with Crippen LogP contribution in [0.2, 0.25) is 0 Å². The highest BCUT2D eigenvalue weighted by atomic mass is 16.8. The molecule has 1 unspecified atom stereocenters. The smallest absolute Gasteiger partial charge is 0.339 e. The van der Waals surface area contributed by atoms with Gasteiger partial charge in [0.05, 0.1) is 22.7 Å². The third-order valence-electron chi connectivity index (χ3n) is 9.93. The summed E-state index contributed by atoms with van der Waals surface area (Å²) in [5.74, 6) is -6.85. The number of ketones is 3. The highest BCUT2D eigenvalue weighted by Gasteiger charge is 2.86. The minimum absolute atomic E-state index is 0.0647.